The Kier molecular flexibility index (Phi) is 8.67. The summed E-state index contributed by atoms with van der Waals surface area (Å²) in [6, 6.07) is 22.4. The zero-order chi connectivity index (χ0) is 24.6. The summed E-state index contributed by atoms with van der Waals surface area (Å²) in [6.07, 6.45) is 2.28. The molecule has 34 heavy (non-hydrogen) atoms. The first-order chi connectivity index (χ1) is 16.3. The molecule has 0 aromatic heterocycles. The molecule has 0 aliphatic heterocycles. The summed E-state index contributed by atoms with van der Waals surface area (Å²) in [5.41, 5.74) is 3.51. The van der Waals surface area contributed by atoms with Gasteiger partial charge in [-0.3, -0.25) is 4.79 Å². The Bertz CT molecular complexity index is 1180. The Hall–Kier alpha value is -3.36. The largest absolute Gasteiger partial charge is 0.497 e. The van der Waals surface area contributed by atoms with E-state index in [1.165, 1.54) is 0 Å². The van der Waals surface area contributed by atoms with Crippen LogP contribution >= 0.6 is 0 Å². The molecule has 3 aromatic rings. The van der Waals surface area contributed by atoms with Gasteiger partial charge in [0.1, 0.15) is 11.5 Å². The molecule has 1 amide bonds. The average molecular weight is 483 g/mol. The van der Waals surface area contributed by atoms with Crippen LogP contribution in [0.15, 0.2) is 72.8 Å². The number of carbonyl (C=O) groups excluding carboxylic acids is 1. The maximum absolute atomic E-state index is 13.1. The summed E-state index contributed by atoms with van der Waals surface area (Å²) in [5, 5.41) is 3.14. The fourth-order valence-electron chi connectivity index (χ4n) is 3.53. The summed E-state index contributed by atoms with van der Waals surface area (Å²) in [7, 11) is 0.0264. The van der Waals surface area contributed by atoms with Crippen LogP contribution < -0.4 is 19.5 Å². The van der Waals surface area contributed by atoms with Crippen molar-refractivity contribution in [2.24, 2.45) is 0 Å². The van der Waals surface area contributed by atoms with Gasteiger partial charge in [-0.05, 0) is 65.9 Å². The van der Waals surface area contributed by atoms with Crippen LogP contribution in [0, 0.1) is 0 Å². The molecular weight excluding hydrogens is 452 g/mol. The number of hydrogen-bond acceptors (Lipinski definition) is 5. The number of rotatable bonds is 11. The third-order valence-electron chi connectivity index (χ3n) is 5.42. The van der Waals surface area contributed by atoms with Crippen LogP contribution in [0.2, 0.25) is 0 Å². The maximum atomic E-state index is 13.1. The van der Waals surface area contributed by atoms with Crippen LogP contribution in [-0.2, 0) is 22.9 Å². The van der Waals surface area contributed by atoms with E-state index in [0.29, 0.717) is 24.9 Å². The van der Waals surface area contributed by atoms with Gasteiger partial charge in [-0.1, -0.05) is 36.4 Å². The normalized spacial score (nSPS) is 12.1. The van der Waals surface area contributed by atoms with E-state index >= 15 is 0 Å². The van der Waals surface area contributed by atoms with Crippen molar-refractivity contribution in [3.8, 4) is 11.5 Å². The zero-order valence-corrected chi connectivity index (χ0v) is 20.4. The molecule has 3 aromatic carbocycles. The standard InChI is InChI=1S/C26H30N2O5S/c1-32-23-12-6-20(7-13-23)18-25(21-10-14-24(33-2)15-11-21)28-26(29)22-8-4-19(5-9-22)16-17-27-34(3,30)31/h4-15,25,27H,16-18H2,1-3H3,(H,28,29)/t25-/m1/s1. The highest BCUT2D eigenvalue weighted by atomic mass is 32.2. The number of hydrogen-bond donors (Lipinski definition) is 2. The van der Waals surface area contributed by atoms with E-state index in [4.69, 9.17) is 9.47 Å². The Balaban J connectivity index is 1.73. The number of nitrogens with one attached hydrogen (secondary N) is 2. The Labute approximate surface area is 201 Å². The molecule has 2 N–H and O–H groups in total. The minimum atomic E-state index is -3.22. The molecule has 0 bridgehead atoms. The molecular formula is C26H30N2O5S. The first-order valence-electron chi connectivity index (χ1n) is 10.9. The summed E-state index contributed by atoms with van der Waals surface area (Å²) in [5.74, 6) is 1.34. The number of amides is 1. The van der Waals surface area contributed by atoms with Crippen molar-refractivity contribution < 1.29 is 22.7 Å². The number of ether oxygens (including phenoxy) is 2. The smallest absolute Gasteiger partial charge is 0.251 e. The summed E-state index contributed by atoms with van der Waals surface area (Å²) in [4.78, 5) is 13.1. The number of carbonyl (C=O) groups is 1. The van der Waals surface area contributed by atoms with Gasteiger partial charge in [-0.15, -0.1) is 0 Å². The second-order valence-electron chi connectivity index (χ2n) is 7.96. The average Bonchev–Trinajstić information content (AvgIpc) is 2.84. The molecule has 0 saturated carbocycles. The second kappa shape index (κ2) is 11.7. The van der Waals surface area contributed by atoms with Crippen LogP contribution in [-0.4, -0.2) is 41.3 Å². The summed E-state index contributed by atoms with van der Waals surface area (Å²) >= 11 is 0. The molecule has 180 valence electrons. The summed E-state index contributed by atoms with van der Waals surface area (Å²) < 4.78 is 35.4. The van der Waals surface area contributed by atoms with Gasteiger partial charge in [-0.2, -0.15) is 0 Å². The first-order valence-corrected chi connectivity index (χ1v) is 12.8. The van der Waals surface area contributed by atoms with Gasteiger partial charge in [0.15, 0.2) is 0 Å². The van der Waals surface area contributed by atoms with Crippen molar-refractivity contribution in [1.82, 2.24) is 10.0 Å². The van der Waals surface area contributed by atoms with E-state index in [1.807, 2.05) is 60.7 Å². The predicted molar refractivity (Wildman–Crippen MR) is 133 cm³/mol. The summed E-state index contributed by atoms with van der Waals surface area (Å²) in [6.45, 7) is 0.311. The molecule has 0 aliphatic carbocycles. The van der Waals surface area contributed by atoms with Crippen LogP contribution in [0.4, 0.5) is 0 Å². The number of benzene rings is 3. The van der Waals surface area contributed by atoms with Gasteiger partial charge in [-0.25, -0.2) is 13.1 Å². The lowest BCUT2D eigenvalue weighted by Gasteiger charge is -2.20. The van der Waals surface area contributed by atoms with Gasteiger partial charge < -0.3 is 14.8 Å². The van der Waals surface area contributed by atoms with Crippen molar-refractivity contribution in [2.75, 3.05) is 27.0 Å². The van der Waals surface area contributed by atoms with E-state index in [0.717, 1.165) is 34.4 Å². The van der Waals surface area contributed by atoms with Crippen LogP contribution in [0.25, 0.3) is 0 Å². The van der Waals surface area contributed by atoms with Crippen molar-refractivity contribution in [1.29, 1.82) is 0 Å². The molecule has 0 heterocycles. The number of methoxy groups -OCH3 is 2. The van der Waals surface area contributed by atoms with Crippen molar-refractivity contribution in [3.63, 3.8) is 0 Å². The topological polar surface area (TPSA) is 93.7 Å². The van der Waals surface area contributed by atoms with Crippen molar-refractivity contribution >= 4 is 15.9 Å². The molecule has 0 spiro atoms. The highest BCUT2D eigenvalue weighted by molar-refractivity contribution is 7.88. The first kappa shape index (κ1) is 25.3. The Morgan fingerprint density at radius 3 is 1.88 bits per heavy atom. The molecule has 1 atom stereocenters. The highest BCUT2D eigenvalue weighted by Crippen LogP contribution is 2.23. The van der Waals surface area contributed by atoms with Gasteiger partial charge in [0, 0.05) is 12.1 Å². The second-order valence-corrected chi connectivity index (χ2v) is 9.80. The van der Waals surface area contributed by atoms with E-state index in [2.05, 4.69) is 10.0 Å². The lowest BCUT2D eigenvalue weighted by Crippen LogP contribution is -2.30. The van der Waals surface area contributed by atoms with Crippen LogP contribution in [0.1, 0.15) is 33.1 Å². The van der Waals surface area contributed by atoms with Gasteiger partial charge in [0.05, 0.1) is 26.5 Å². The maximum Gasteiger partial charge on any atom is 0.251 e. The fraction of sp³-hybridized carbons (Fsp3) is 0.269. The minimum Gasteiger partial charge on any atom is -0.497 e. The highest BCUT2D eigenvalue weighted by Gasteiger charge is 2.17. The Morgan fingerprint density at radius 1 is 0.824 bits per heavy atom. The molecule has 3 rings (SSSR count). The lowest BCUT2D eigenvalue weighted by molar-refractivity contribution is 0.0936. The quantitative estimate of drug-likeness (QED) is 0.436. The monoisotopic (exact) mass is 482 g/mol. The number of sulfonamides is 1. The Morgan fingerprint density at radius 2 is 1.35 bits per heavy atom. The SMILES string of the molecule is COc1ccc(C[C@@H](NC(=O)c2ccc(CCNS(C)(=O)=O)cc2)c2ccc(OC)cc2)cc1. The van der Waals surface area contributed by atoms with E-state index < -0.39 is 10.0 Å². The molecule has 7 nitrogen and oxygen atoms in total. The fourth-order valence-corrected chi connectivity index (χ4v) is 4.00. The third kappa shape index (κ3) is 7.60. The van der Waals surface area contributed by atoms with E-state index in [-0.39, 0.29) is 11.9 Å². The van der Waals surface area contributed by atoms with Gasteiger partial charge in [0.2, 0.25) is 10.0 Å². The van der Waals surface area contributed by atoms with Crippen molar-refractivity contribution in [3.05, 3.63) is 95.1 Å². The van der Waals surface area contributed by atoms with E-state index in [1.54, 1.807) is 26.4 Å². The molecule has 0 radical (unpaired) electrons. The van der Waals surface area contributed by atoms with Crippen molar-refractivity contribution in [2.45, 2.75) is 18.9 Å². The zero-order valence-electron chi connectivity index (χ0n) is 19.6. The van der Waals surface area contributed by atoms with E-state index in [9.17, 15) is 13.2 Å². The van der Waals surface area contributed by atoms with Gasteiger partial charge in [0.25, 0.3) is 5.91 Å². The molecule has 0 fully saturated rings. The molecule has 0 aliphatic rings. The predicted octanol–water partition coefficient (Wildman–Crippen LogP) is 3.51. The lowest BCUT2D eigenvalue weighted by atomic mass is 9.98. The van der Waals surface area contributed by atoms with Crippen LogP contribution in [0.3, 0.4) is 0 Å². The third-order valence-corrected chi connectivity index (χ3v) is 6.14. The van der Waals surface area contributed by atoms with Crippen LogP contribution in [0.5, 0.6) is 11.5 Å². The minimum absolute atomic E-state index is 0.185. The molecule has 8 heteroatoms. The molecule has 0 unspecified atom stereocenters. The van der Waals surface area contributed by atoms with Gasteiger partial charge >= 0.3 is 0 Å². The molecule has 0 saturated heterocycles.